The summed E-state index contributed by atoms with van der Waals surface area (Å²) < 4.78 is 22.6. The van der Waals surface area contributed by atoms with Crippen molar-refractivity contribution in [1.82, 2.24) is 16.0 Å². The number of amides is 1. The number of sulfone groups is 1. The van der Waals surface area contributed by atoms with Crippen LogP contribution in [0.2, 0.25) is 0 Å². The number of hydrogen-bond acceptors (Lipinski definition) is 4. The van der Waals surface area contributed by atoms with Gasteiger partial charge in [-0.05, 0) is 44.4 Å². The van der Waals surface area contributed by atoms with Crippen LogP contribution in [0.25, 0.3) is 0 Å². The van der Waals surface area contributed by atoms with Gasteiger partial charge in [0.05, 0.1) is 12.3 Å². The van der Waals surface area contributed by atoms with Gasteiger partial charge in [0.1, 0.15) is 9.84 Å². The fourth-order valence-corrected chi connectivity index (χ4v) is 3.21. The molecule has 7 nitrogen and oxygen atoms in total. The zero-order chi connectivity index (χ0) is 21.0. The van der Waals surface area contributed by atoms with Crippen LogP contribution in [-0.4, -0.2) is 51.4 Å². The molecule has 1 rings (SSSR count). The highest BCUT2D eigenvalue weighted by Crippen LogP contribution is 2.06. The molecular formula is C20H35IN4O3S. The summed E-state index contributed by atoms with van der Waals surface area (Å²) in [5, 5.41) is 9.29. The minimum atomic E-state index is -2.97. The van der Waals surface area contributed by atoms with Crippen LogP contribution in [0.5, 0.6) is 0 Å². The number of aliphatic imine (C=N–C) groups is 1. The van der Waals surface area contributed by atoms with E-state index in [1.807, 2.05) is 26.0 Å². The van der Waals surface area contributed by atoms with E-state index >= 15 is 0 Å². The van der Waals surface area contributed by atoms with Crippen LogP contribution < -0.4 is 16.0 Å². The lowest BCUT2D eigenvalue weighted by Gasteiger charge is -2.17. The number of benzene rings is 1. The minimum absolute atomic E-state index is 0. The molecule has 0 heterocycles. The summed E-state index contributed by atoms with van der Waals surface area (Å²) in [6.45, 7) is 7.86. The van der Waals surface area contributed by atoms with Crippen LogP contribution in [0.1, 0.15) is 56.0 Å². The third-order valence-corrected chi connectivity index (χ3v) is 5.08. The first-order valence-electron chi connectivity index (χ1n) is 9.84. The molecule has 0 aliphatic rings. The average molecular weight is 538 g/mol. The molecule has 0 bridgehead atoms. The first-order valence-corrected chi connectivity index (χ1v) is 11.9. The van der Waals surface area contributed by atoms with E-state index in [-0.39, 0.29) is 41.7 Å². The van der Waals surface area contributed by atoms with Crippen molar-refractivity contribution in [3.8, 4) is 0 Å². The zero-order valence-corrected chi connectivity index (χ0v) is 21.0. The van der Waals surface area contributed by atoms with Crippen molar-refractivity contribution in [2.75, 3.05) is 25.1 Å². The predicted octanol–water partition coefficient (Wildman–Crippen LogP) is 2.71. The maximum absolute atomic E-state index is 12.0. The second kappa shape index (κ2) is 14.6. The Hall–Kier alpha value is -1.36. The lowest BCUT2D eigenvalue weighted by molar-refractivity contribution is 0.0953. The molecular weight excluding hydrogens is 503 g/mol. The maximum Gasteiger partial charge on any atom is 0.251 e. The Morgan fingerprint density at radius 2 is 1.79 bits per heavy atom. The van der Waals surface area contributed by atoms with Crippen LogP contribution in [-0.2, 0) is 16.4 Å². The number of unbranched alkanes of at least 4 members (excludes halogenated alkanes) is 1. The Kier molecular flexibility index (Phi) is 13.9. The Labute approximate surface area is 192 Å². The first kappa shape index (κ1) is 27.6. The van der Waals surface area contributed by atoms with Gasteiger partial charge in [0.2, 0.25) is 0 Å². The number of guanidine groups is 1. The molecule has 1 unspecified atom stereocenters. The molecule has 29 heavy (non-hydrogen) atoms. The van der Waals surface area contributed by atoms with Crippen LogP contribution in [0.15, 0.2) is 29.3 Å². The lowest BCUT2D eigenvalue weighted by atomic mass is 10.1. The number of hydrogen-bond donors (Lipinski definition) is 3. The Balaban J connectivity index is 0.00000784. The van der Waals surface area contributed by atoms with E-state index in [0.29, 0.717) is 37.6 Å². The number of rotatable bonds is 11. The molecule has 1 aromatic carbocycles. The van der Waals surface area contributed by atoms with Crippen LogP contribution >= 0.6 is 24.0 Å². The van der Waals surface area contributed by atoms with Gasteiger partial charge in [-0.25, -0.2) is 13.4 Å². The third kappa shape index (κ3) is 12.7. The molecule has 0 spiro atoms. The van der Waals surface area contributed by atoms with Crippen LogP contribution in [0.3, 0.4) is 0 Å². The number of nitrogens with one attached hydrogen (secondary N) is 3. The van der Waals surface area contributed by atoms with Gasteiger partial charge >= 0.3 is 0 Å². The molecule has 1 aromatic rings. The van der Waals surface area contributed by atoms with E-state index in [1.54, 1.807) is 12.1 Å². The lowest BCUT2D eigenvalue weighted by Crippen LogP contribution is -2.42. The summed E-state index contributed by atoms with van der Waals surface area (Å²) in [5.41, 5.74) is 1.63. The molecule has 1 amide bonds. The molecule has 0 aromatic heterocycles. The van der Waals surface area contributed by atoms with E-state index in [9.17, 15) is 13.2 Å². The molecule has 1 atom stereocenters. The van der Waals surface area contributed by atoms with Gasteiger partial charge < -0.3 is 16.0 Å². The van der Waals surface area contributed by atoms with Crippen LogP contribution in [0, 0.1) is 0 Å². The van der Waals surface area contributed by atoms with E-state index in [1.165, 1.54) is 6.26 Å². The first-order chi connectivity index (χ1) is 13.2. The Bertz CT molecular complexity index is 737. The molecule has 166 valence electrons. The summed E-state index contributed by atoms with van der Waals surface area (Å²) in [4.78, 5) is 16.6. The summed E-state index contributed by atoms with van der Waals surface area (Å²) in [6.07, 6.45) is 3.78. The van der Waals surface area contributed by atoms with Crippen molar-refractivity contribution in [3.63, 3.8) is 0 Å². The Morgan fingerprint density at radius 1 is 1.14 bits per heavy atom. The highest BCUT2D eigenvalue weighted by Gasteiger charge is 2.09. The molecule has 0 radical (unpaired) electrons. The molecule has 0 saturated heterocycles. The topological polar surface area (TPSA) is 99.7 Å². The van der Waals surface area contributed by atoms with Gasteiger partial charge in [0, 0.05) is 31.0 Å². The van der Waals surface area contributed by atoms with E-state index in [4.69, 9.17) is 0 Å². The normalized spacial score (nSPS) is 12.6. The fraction of sp³-hybridized carbons (Fsp3) is 0.600. The molecule has 0 saturated carbocycles. The van der Waals surface area contributed by atoms with E-state index < -0.39 is 9.84 Å². The van der Waals surface area contributed by atoms with Gasteiger partial charge in [-0.3, -0.25) is 4.79 Å². The maximum atomic E-state index is 12.0. The largest absolute Gasteiger partial charge is 0.357 e. The minimum Gasteiger partial charge on any atom is -0.357 e. The van der Waals surface area contributed by atoms with Crippen molar-refractivity contribution < 1.29 is 13.2 Å². The van der Waals surface area contributed by atoms with E-state index in [2.05, 4.69) is 27.9 Å². The van der Waals surface area contributed by atoms with Crippen molar-refractivity contribution in [2.24, 2.45) is 4.99 Å². The number of carbonyl (C=O) groups excluding carboxylic acids is 1. The van der Waals surface area contributed by atoms with Gasteiger partial charge in [-0.2, -0.15) is 0 Å². The summed E-state index contributed by atoms with van der Waals surface area (Å²) >= 11 is 0. The van der Waals surface area contributed by atoms with Gasteiger partial charge in [-0.15, -0.1) is 24.0 Å². The predicted molar refractivity (Wildman–Crippen MR) is 131 cm³/mol. The third-order valence-electron chi connectivity index (χ3n) is 4.10. The monoisotopic (exact) mass is 538 g/mol. The van der Waals surface area contributed by atoms with E-state index in [0.717, 1.165) is 18.4 Å². The van der Waals surface area contributed by atoms with Crippen molar-refractivity contribution in [2.45, 2.75) is 52.6 Å². The summed E-state index contributed by atoms with van der Waals surface area (Å²) in [6, 6.07) is 7.40. The van der Waals surface area contributed by atoms with Gasteiger partial charge in [0.15, 0.2) is 5.96 Å². The smallest absolute Gasteiger partial charge is 0.251 e. The second-order valence-corrected chi connectivity index (χ2v) is 9.23. The fourth-order valence-electron chi connectivity index (χ4n) is 2.43. The average Bonchev–Trinajstić information content (AvgIpc) is 2.64. The molecule has 9 heteroatoms. The summed E-state index contributed by atoms with van der Waals surface area (Å²) in [7, 11) is -2.97. The highest BCUT2D eigenvalue weighted by atomic mass is 127. The SMILES string of the molecule is CCCCNC(=O)c1ccc(CN=C(NCC)NC(C)CCS(C)(=O)=O)cc1.I. The Morgan fingerprint density at radius 3 is 2.34 bits per heavy atom. The number of halogens is 1. The number of carbonyl (C=O) groups is 1. The quantitative estimate of drug-likeness (QED) is 0.174. The molecule has 0 aliphatic carbocycles. The zero-order valence-electron chi connectivity index (χ0n) is 17.8. The van der Waals surface area contributed by atoms with Gasteiger partial charge in [-0.1, -0.05) is 25.5 Å². The van der Waals surface area contributed by atoms with Crippen molar-refractivity contribution >= 4 is 45.7 Å². The molecule has 3 N–H and O–H groups in total. The summed E-state index contributed by atoms with van der Waals surface area (Å²) in [5.74, 6) is 0.727. The highest BCUT2D eigenvalue weighted by molar-refractivity contribution is 14.0. The van der Waals surface area contributed by atoms with Crippen molar-refractivity contribution in [1.29, 1.82) is 0 Å². The molecule has 0 fully saturated rings. The van der Waals surface area contributed by atoms with Crippen LogP contribution in [0.4, 0.5) is 0 Å². The van der Waals surface area contributed by atoms with Gasteiger partial charge in [0.25, 0.3) is 5.91 Å². The van der Waals surface area contributed by atoms with Crippen molar-refractivity contribution in [3.05, 3.63) is 35.4 Å². The standard InChI is InChI=1S/C20H34N4O3S.HI/c1-5-7-13-22-19(25)18-10-8-17(9-11-18)15-23-20(21-6-2)24-16(3)12-14-28(4,26)27;/h8-11,16H,5-7,12-15H2,1-4H3,(H,22,25)(H2,21,23,24);1H. The molecule has 0 aliphatic heterocycles. The second-order valence-electron chi connectivity index (χ2n) is 6.97. The number of nitrogens with zero attached hydrogens (tertiary/aromatic N) is 1.